The second-order valence-corrected chi connectivity index (χ2v) is 7.82. The van der Waals surface area contributed by atoms with Crippen molar-refractivity contribution in [3.8, 4) is 0 Å². The molecule has 8 nitrogen and oxygen atoms in total. The number of aromatic nitrogens is 3. The average molecular weight is 400 g/mol. The molecule has 3 rings (SSSR count). The fourth-order valence-corrected chi connectivity index (χ4v) is 3.44. The minimum absolute atomic E-state index is 0.0343. The predicted molar refractivity (Wildman–Crippen MR) is 108 cm³/mol. The highest BCUT2D eigenvalue weighted by Crippen LogP contribution is 2.14. The number of aryl methyl sites for hydroxylation is 2. The molecule has 0 fully saturated rings. The molecule has 8 heteroatoms. The largest absolute Gasteiger partial charge is 0.465 e. The summed E-state index contributed by atoms with van der Waals surface area (Å²) in [5.74, 6) is 0.678. The van der Waals surface area contributed by atoms with E-state index in [-0.39, 0.29) is 17.6 Å². The van der Waals surface area contributed by atoms with Crippen LogP contribution in [0.3, 0.4) is 0 Å². The highest BCUT2D eigenvalue weighted by molar-refractivity contribution is 5.96. The molecule has 1 amide bonds. The number of nitrogens with one attached hydrogen (secondary N) is 1. The molecule has 29 heavy (non-hydrogen) atoms. The number of amides is 1. The summed E-state index contributed by atoms with van der Waals surface area (Å²) in [5.41, 5.74) is 0.819. The smallest absolute Gasteiger partial charge is 0.345 e. The van der Waals surface area contributed by atoms with Crippen molar-refractivity contribution in [3.63, 3.8) is 0 Å². The fraction of sp³-hybridized carbons (Fsp3) is 0.524. The van der Waals surface area contributed by atoms with Crippen molar-refractivity contribution >= 4 is 11.9 Å². The summed E-state index contributed by atoms with van der Waals surface area (Å²) in [6.45, 7) is 5.44. The molecule has 156 valence electrons. The van der Waals surface area contributed by atoms with Crippen molar-refractivity contribution in [1.82, 2.24) is 19.7 Å². The van der Waals surface area contributed by atoms with Gasteiger partial charge in [0, 0.05) is 31.1 Å². The Morgan fingerprint density at radius 1 is 1.21 bits per heavy atom. The molecule has 0 saturated heterocycles. The van der Waals surface area contributed by atoms with Crippen molar-refractivity contribution < 1.29 is 14.3 Å². The van der Waals surface area contributed by atoms with Crippen molar-refractivity contribution in [2.75, 3.05) is 7.11 Å². The number of methoxy groups -OCH3 is 1. The van der Waals surface area contributed by atoms with Crippen LogP contribution >= 0.6 is 0 Å². The first kappa shape index (κ1) is 20.8. The van der Waals surface area contributed by atoms with Crippen LogP contribution in [0.25, 0.3) is 0 Å². The molecule has 1 aliphatic heterocycles. The van der Waals surface area contributed by atoms with Gasteiger partial charge in [0.05, 0.1) is 12.7 Å². The molecule has 1 aliphatic rings. The number of ether oxygens (including phenoxy) is 1. The Hall–Kier alpha value is -2.90. The van der Waals surface area contributed by atoms with Gasteiger partial charge >= 0.3 is 11.7 Å². The van der Waals surface area contributed by atoms with Crippen LogP contribution in [0.4, 0.5) is 0 Å². The third-order valence-electron chi connectivity index (χ3n) is 5.24. The molecule has 0 saturated carbocycles. The molecular formula is C21H28N4O4. The molecule has 1 N–H and O–H groups in total. The first-order chi connectivity index (χ1) is 13.9. The van der Waals surface area contributed by atoms with Crippen LogP contribution in [0, 0.1) is 5.92 Å². The molecule has 1 aromatic heterocycles. The second-order valence-electron chi connectivity index (χ2n) is 7.82. The lowest BCUT2D eigenvalue weighted by atomic mass is 10.1. The molecule has 0 radical (unpaired) electrons. The van der Waals surface area contributed by atoms with E-state index in [0.29, 0.717) is 43.0 Å². The lowest BCUT2D eigenvalue weighted by Gasteiger charge is -2.16. The standard InChI is InChI=1S/C21H28N4O4/c1-14(2)10-13-25-21(28)24-12-11-17(8-9-18(24)23-25)22-19(26)15-4-6-16(7-5-15)20(27)29-3/h4-7,14,17H,8-13H2,1-3H3,(H,22,26). The van der Waals surface area contributed by atoms with E-state index in [2.05, 4.69) is 29.0 Å². The van der Waals surface area contributed by atoms with E-state index >= 15 is 0 Å². The molecule has 2 aromatic rings. The van der Waals surface area contributed by atoms with Gasteiger partial charge in [-0.1, -0.05) is 13.8 Å². The van der Waals surface area contributed by atoms with Gasteiger partial charge in [-0.15, -0.1) is 0 Å². The van der Waals surface area contributed by atoms with E-state index in [1.54, 1.807) is 33.5 Å². The zero-order valence-corrected chi connectivity index (χ0v) is 17.2. The summed E-state index contributed by atoms with van der Waals surface area (Å²) in [7, 11) is 1.32. The van der Waals surface area contributed by atoms with Crippen molar-refractivity contribution in [2.45, 2.75) is 58.7 Å². The van der Waals surface area contributed by atoms with Crippen molar-refractivity contribution in [3.05, 3.63) is 51.7 Å². The number of nitrogens with zero attached hydrogens (tertiary/aromatic N) is 3. The van der Waals surface area contributed by atoms with Gasteiger partial charge in [-0.25, -0.2) is 14.3 Å². The second kappa shape index (κ2) is 9.07. The van der Waals surface area contributed by atoms with Crippen LogP contribution in [0.5, 0.6) is 0 Å². The zero-order valence-electron chi connectivity index (χ0n) is 17.2. The first-order valence-electron chi connectivity index (χ1n) is 10.0. The number of rotatable bonds is 6. The highest BCUT2D eigenvalue weighted by Gasteiger charge is 2.22. The maximum atomic E-state index is 12.6. The van der Waals surface area contributed by atoms with Crippen LogP contribution in [-0.4, -0.2) is 39.4 Å². The number of carbonyl (C=O) groups excluding carboxylic acids is 2. The number of fused-ring (bicyclic) bond motifs is 1. The molecule has 0 spiro atoms. The zero-order chi connectivity index (χ0) is 21.0. The molecule has 1 atom stereocenters. The van der Waals surface area contributed by atoms with Crippen molar-refractivity contribution in [1.29, 1.82) is 0 Å². The van der Waals surface area contributed by atoms with Crippen LogP contribution in [-0.2, 0) is 24.2 Å². The van der Waals surface area contributed by atoms with E-state index in [0.717, 1.165) is 18.7 Å². The molecule has 1 aromatic carbocycles. The van der Waals surface area contributed by atoms with Crippen LogP contribution in [0.2, 0.25) is 0 Å². The molecule has 1 unspecified atom stereocenters. The van der Waals surface area contributed by atoms with Gasteiger partial charge in [-0.3, -0.25) is 9.36 Å². The van der Waals surface area contributed by atoms with E-state index in [1.165, 1.54) is 7.11 Å². The monoisotopic (exact) mass is 400 g/mol. The van der Waals surface area contributed by atoms with E-state index in [1.807, 2.05) is 0 Å². The van der Waals surface area contributed by atoms with Gasteiger partial charge in [-0.2, -0.15) is 5.10 Å². The third-order valence-corrected chi connectivity index (χ3v) is 5.24. The fourth-order valence-electron chi connectivity index (χ4n) is 3.44. The van der Waals surface area contributed by atoms with Gasteiger partial charge in [-0.05, 0) is 49.4 Å². The Labute approximate surface area is 169 Å². The average Bonchev–Trinajstić information content (AvgIpc) is 2.88. The van der Waals surface area contributed by atoms with E-state index < -0.39 is 5.97 Å². The van der Waals surface area contributed by atoms with Gasteiger partial charge in [0.2, 0.25) is 0 Å². The Bertz CT molecular complexity index is 927. The van der Waals surface area contributed by atoms with Crippen LogP contribution < -0.4 is 11.0 Å². The molecule has 0 aliphatic carbocycles. The molecule has 2 heterocycles. The lowest BCUT2D eigenvalue weighted by molar-refractivity contribution is 0.0600. The maximum Gasteiger partial charge on any atom is 0.345 e. The van der Waals surface area contributed by atoms with E-state index in [9.17, 15) is 14.4 Å². The van der Waals surface area contributed by atoms with Gasteiger partial charge in [0.15, 0.2) is 0 Å². The van der Waals surface area contributed by atoms with Gasteiger partial charge in [0.1, 0.15) is 5.82 Å². The predicted octanol–water partition coefficient (Wildman–Crippen LogP) is 2.01. The lowest BCUT2D eigenvalue weighted by Crippen LogP contribution is -2.35. The topological polar surface area (TPSA) is 95.2 Å². The number of carbonyl (C=O) groups is 2. The summed E-state index contributed by atoms with van der Waals surface area (Å²) in [5, 5.41) is 7.53. The number of hydrogen-bond donors (Lipinski definition) is 1. The van der Waals surface area contributed by atoms with Gasteiger partial charge in [0.25, 0.3) is 5.91 Å². The summed E-state index contributed by atoms with van der Waals surface area (Å²) in [6, 6.07) is 6.33. The number of esters is 1. The Balaban J connectivity index is 1.60. The van der Waals surface area contributed by atoms with E-state index in [4.69, 9.17) is 0 Å². The highest BCUT2D eigenvalue weighted by atomic mass is 16.5. The maximum absolute atomic E-state index is 12.6. The number of hydrogen-bond acceptors (Lipinski definition) is 5. The Morgan fingerprint density at radius 3 is 2.55 bits per heavy atom. The van der Waals surface area contributed by atoms with Crippen LogP contribution in [0.1, 0.15) is 59.7 Å². The molecular weight excluding hydrogens is 372 g/mol. The SMILES string of the molecule is COC(=O)c1ccc(C(=O)NC2CCc3nn(CCC(C)C)c(=O)n3CC2)cc1. The third kappa shape index (κ3) is 4.93. The summed E-state index contributed by atoms with van der Waals surface area (Å²) in [4.78, 5) is 36.6. The first-order valence-corrected chi connectivity index (χ1v) is 10.0. The number of benzene rings is 1. The Morgan fingerprint density at radius 2 is 1.90 bits per heavy atom. The van der Waals surface area contributed by atoms with Crippen molar-refractivity contribution in [2.24, 2.45) is 5.92 Å². The van der Waals surface area contributed by atoms with Gasteiger partial charge < -0.3 is 10.1 Å². The quantitative estimate of drug-likeness (QED) is 0.749. The normalized spacial score (nSPS) is 16.2. The summed E-state index contributed by atoms with van der Waals surface area (Å²) in [6.07, 6.45) is 2.97. The molecule has 0 bridgehead atoms. The minimum Gasteiger partial charge on any atom is -0.465 e. The van der Waals surface area contributed by atoms with Crippen LogP contribution in [0.15, 0.2) is 29.1 Å². The Kier molecular flexibility index (Phi) is 6.51. The summed E-state index contributed by atoms with van der Waals surface area (Å²) < 4.78 is 7.97. The minimum atomic E-state index is -0.436. The summed E-state index contributed by atoms with van der Waals surface area (Å²) >= 11 is 0.